The van der Waals surface area contributed by atoms with Crippen LogP contribution in [-0.4, -0.2) is 23.7 Å². The van der Waals surface area contributed by atoms with Crippen molar-refractivity contribution in [3.05, 3.63) is 65.5 Å². The minimum Gasteiger partial charge on any atom is -0.406 e. The maximum Gasteiger partial charge on any atom is 0.573 e. The van der Waals surface area contributed by atoms with Crippen molar-refractivity contribution in [2.45, 2.75) is 50.6 Å². The minimum atomic E-state index is -4.75. The maximum absolute atomic E-state index is 13.2. The number of ether oxygens (including phenoxy) is 1. The number of carbonyl (C=O) groups is 2. The van der Waals surface area contributed by atoms with Crippen LogP contribution in [0.4, 0.5) is 17.6 Å². The molecule has 1 fully saturated rings. The van der Waals surface area contributed by atoms with Gasteiger partial charge in [-0.1, -0.05) is 24.3 Å². The summed E-state index contributed by atoms with van der Waals surface area (Å²) in [7, 11) is 0. The fourth-order valence-electron chi connectivity index (χ4n) is 3.63. The molecule has 5 nitrogen and oxygen atoms in total. The van der Waals surface area contributed by atoms with Crippen LogP contribution in [0.5, 0.6) is 5.75 Å². The minimum absolute atomic E-state index is 0.0799. The van der Waals surface area contributed by atoms with Crippen LogP contribution in [0.15, 0.2) is 48.5 Å². The molecule has 2 N–H and O–H groups in total. The van der Waals surface area contributed by atoms with E-state index in [9.17, 15) is 27.2 Å². The second-order valence-corrected chi connectivity index (χ2v) is 7.60. The zero-order valence-electron chi connectivity index (χ0n) is 16.6. The van der Waals surface area contributed by atoms with Crippen LogP contribution >= 0.6 is 0 Å². The van der Waals surface area contributed by atoms with Crippen molar-refractivity contribution in [1.29, 1.82) is 0 Å². The van der Waals surface area contributed by atoms with Crippen molar-refractivity contribution in [1.82, 2.24) is 10.6 Å². The van der Waals surface area contributed by atoms with Crippen molar-refractivity contribution in [3.63, 3.8) is 0 Å². The molecule has 166 valence electrons. The summed E-state index contributed by atoms with van der Waals surface area (Å²) in [6.07, 6.45) is -2.73. The van der Waals surface area contributed by atoms with E-state index in [1.807, 2.05) is 0 Å². The summed E-state index contributed by atoms with van der Waals surface area (Å²) in [5, 5.41) is 5.69. The van der Waals surface area contributed by atoms with Gasteiger partial charge in [0, 0.05) is 24.9 Å². The third-order valence-electron chi connectivity index (χ3n) is 5.17. The molecule has 2 amide bonds. The Balaban J connectivity index is 1.51. The summed E-state index contributed by atoms with van der Waals surface area (Å²) in [4.78, 5) is 24.1. The molecule has 1 unspecified atom stereocenters. The molecule has 0 aliphatic carbocycles. The van der Waals surface area contributed by atoms with Gasteiger partial charge < -0.3 is 15.4 Å². The molecule has 1 heterocycles. The third kappa shape index (κ3) is 6.97. The number of rotatable bonds is 8. The molecule has 0 aromatic heterocycles. The van der Waals surface area contributed by atoms with E-state index in [2.05, 4.69) is 15.4 Å². The predicted octanol–water partition coefficient (Wildman–Crippen LogP) is 4.01. The van der Waals surface area contributed by atoms with Gasteiger partial charge >= 0.3 is 6.36 Å². The molecule has 31 heavy (non-hydrogen) atoms. The topological polar surface area (TPSA) is 67.4 Å². The summed E-state index contributed by atoms with van der Waals surface area (Å²) in [5.74, 6) is -0.994. The fraction of sp³-hybridized carbons (Fsp3) is 0.364. The molecule has 1 aliphatic rings. The zero-order chi connectivity index (χ0) is 22.5. The van der Waals surface area contributed by atoms with E-state index in [4.69, 9.17) is 0 Å². The molecule has 0 radical (unpaired) electrons. The summed E-state index contributed by atoms with van der Waals surface area (Å²) >= 11 is 0. The third-order valence-corrected chi connectivity index (χ3v) is 5.17. The lowest BCUT2D eigenvalue weighted by Crippen LogP contribution is -2.44. The highest BCUT2D eigenvalue weighted by Crippen LogP contribution is 2.29. The lowest BCUT2D eigenvalue weighted by Gasteiger charge is -2.29. The van der Waals surface area contributed by atoms with E-state index in [0.717, 1.165) is 5.56 Å². The molecule has 1 saturated heterocycles. The summed E-state index contributed by atoms with van der Waals surface area (Å²) in [6, 6.07) is 11.3. The van der Waals surface area contributed by atoms with E-state index in [0.29, 0.717) is 31.2 Å². The summed E-state index contributed by atoms with van der Waals surface area (Å²) in [5.41, 5.74) is 0.922. The summed E-state index contributed by atoms with van der Waals surface area (Å²) in [6.45, 7) is 0.155. The lowest BCUT2D eigenvalue weighted by molar-refractivity contribution is -0.274. The largest absolute Gasteiger partial charge is 0.573 e. The monoisotopic (exact) mass is 438 g/mol. The standard InChI is InChI=1S/C22H22F4N2O3/c23-17-5-1-15(2-6-17)13-21(12-10-20(30)28-21)11-9-19(29)27-14-16-3-7-18(8-4-16)31-22(24,25)26/h1-8H,9-14H2,(H,27,29)(H,28,30). The number of benzene rings is 2. The van der Waals surface area contributed by atoms with Crippen molar-refractivity contribution < 1.29 is 31.9 Å². The molecule has 1 atom stereocenters. The fourth-order valence-corrected chi connectivity index (χ4v) is 3.63. The van der Waals surface area contributed by atoms with E-state index < -0.39 is 11.9 Å². The van der Waals surface area contributed by atoms with E-state index in [1.165, 1.54) is 36.4 Å². The Morgan fingerprint density at radius 3 is 2.29 bits per heavy atom. The second kappa shape index (κ2) is 9.36. The SMILES string of the molecule is O=C(CCC1(Cc2ccc(F)cc2)CCC(=O)N1)NCc1ccc(OC(F)(F)F)cc1. The predicted molar refractivity (Wildman–Crippen MR) is 104 cm³/mol. The van der Waals surface area contributed by atoms with Gasteiger partial charge in [-0.15, -0.1) is 13.2 Å². The first-order valence-corrected chi connectivity index (χ1v) is 9.79. The van der Waals surface area contributed by atoms with Gasteiger partial charge in [0.15, 0.2) is 0 Å². The first-order chi connectivity index (χ1) is 14.6. The molecular formula is C22H22F4N2O3. The number of hydrogen-bond acceptors (Lipinski definition) is 3. The van der Waals surface area contributed by atoms with Crippen LogP contribution in [0, 0.1) is 5.82 Å². The van der Waals surface area contributed by atoms with Gasteiger partial charge in [-0.25, -0.2) is 4.39 Å². The number of carbonyl (C=O) groups excluding carboxylic acids is 2. The van der Waals surface area contributed by atoms with Gasteiger partial charge in [-0.2, -0.15) is 0 Å². The van der Waals surface area contributed by atoms with Crippen molar-refractivity contribution >= 4 is 11.8 Å². The highest BCUT2D eigenvalue weighted by atomic mass is 19.4. The number of alkyl halides is 3. The molecular weight excluding hydrogens is 416 g/mol. The van der Waals surface area contributed by atoms with Gasteiger partial charge in [0.05, 0.1) is 0 Å². The lowest BCUT2D eigenvalue weighted by atomic mass is 9.85. The van der Waals surface area contributed by atoms with Gasteiger partial charge in [0.25, 0.3) is 0 Å². The van der Waals surface area contributed by atoms with Crippen LogP contribution in [-0.2, 0) is 22.6 Å². The molecule has 3 rings (SSSR count). The van der Waals surface area contributed by atoms with Gasteiger partial charge in [0.2, 0.25) is 11.8 Å². The average Bonchev–Trinajstić information content (AvgIpc) is 3.07. The van der Waals surface area contributed by atoms with Crippen LogP contribution in [0.1, 0.15) is 36.8 Å². The van der Waals surface area contributed by atoms with Gasteiger partial charge in [-0.05, 0) is 54.7 Å². The Morgan fingerprint density at radius 1 is 1.06 bits per heavy atom. The smallest absolute Gasteiger partial charge is 0.406 e. The summed E-state index contributed by atoms with van der Waals surface area (Å²) < 4.78 is 53.6. The Labute approximate surface area is 176 Å². The Kier molecular flexibility index (Phi) is 6.82. The van der Waals surface area contributed by atoms with E-state index in [1.54, 1.807) is 12.1 Å². The van der Waals surface area contributed by atoms with Crippen LogP contribution in [0.2, 0.25) is 0 Å². The molecule has 2 aromatic rings. The van der Waals surface area contributed by atoms with Crippen LogP contribution in [0.25, 0.3) is 0 Å². The highest BCUT2D eigenvalue weighted by molar-refractivity contribution is 5.80. The van der Waals surface area contributed by atoms with E-state index in [-0.39, 0.29) is 36.3 Å². The normalized spacial score (nSPS) is 18.5. The number of nitrogens with one attached hydrogen (secondary N) is 2. The Morgan fingerprint density at radius 2 is 1.71 bits per heavy atom. The molecule has 2 aromatic carbocycles. The van der Waals surface area contributed by atoms with Gasteiger partial charge in [-0.3, -0.25) is 9.59 Å². The Hall–Kier alpha value is -3.10. The average molecular weight is 438 g/mol. The van der Waals surface area contributed by atoms with Crippen LogP contribution in [0.3, 0.4) is 0 Å². The molecule has 9 heteroatoms. The van der Waals surface area contributed by atoms with E-state index >= 15 is 0 Å². The zero-order valence-corrected chi connectivity index (χ0v) is 16.6. The number of halogens is 4. The number of hydrogen-bond donors (Lipinski definition) is 2. The molecule has 1 aliphatic heterocycles. The molecule has 0 spiro atoms. The quantitative estimate of drug-likeness (QED) is 0.612. The molecule has 0 saturated carbocycles. The maximum atomic E-state index is 13.2. The molecule has 0 bridgehead atoms. The van der Waals surface area contributed by atoms with Gasteiger partial charge in [0.1, 0.15) is 11.6 Å². The van der Waals surface area contributed by atoms with Crippen molar-refractivity contribution in [2.24, 2.45) is 0 Å². The van der Waals surface area contributed by atoms with Crippen molar-refractivity contribution in [3.8, 4) is 5.75 Å². The first kappa shape index (κ1) is 22.6. The Bertz CT molecular complexity index is 914. The second-order valence-electron chi connectivity index (χ2n) is 7.60. The van der Waals surface area contributed by atoms with Crippen LogP contribution < -0.4 is 15.4 Å². The highest BCUT2D eigenvalue weighted by Gasteiger charge is 2.37. The van der Waals surface area contributed by atoms with Crippen molar-refractivity contribution in [2.75, 3.05) is 0 Å². The first-order valence-electron chi connectivity index (χ1n) is 9.79. The number of amides is 2.